The van der Waals surface area contributed by atoms with Gasteiger partial charge >= 0.3 is 0 Å². The molecule has 0 aliphatic rings. The van der Waals surface area contributed by atoms with Crippen LogP contribution in [0.15, 0.2) is 53.0 Å². The van der Waals surface area contributed by atoms with Crippen LogP contribution in [0.25, 0.3) is 10.2 Å². The van der Waals surface area contributed by atoms with E-state index < -0.39 is 0 Å². The maximum atomic E-state index is 12.1. The van der Waals surface area contributed by atoms with Crippen LogP contribution in [-0.4, -0.2) is 10.9 Å². The van der Waals surface area contributed by atoms with Crippen LogP contribution < -0.4 is 5.32 Å². The molecule has 0 saturated heterocycles. The minimum atomic E-state index is -0.100. The second-order valence-electron chi connectivity index (χ2n) is 4.24. The van der Waals surface area contributed by atoms with E-state index in [4.69, 9.17) is 0 Å². The van der Waals surface area contributed by atoms with Crippen LogP contribution in [-0.2, 0) is 6.54 Å². The lowest BCUT2D eigenvalue weighted by Gasteiger charge is -2.04. The molecule has 1 heterocycles. The second kappa shape index (κ2) is 5.73. The normalized spacial score (nSPS) is 10.7. The van der Waals surface area contributed by atoms with Crippen molar-refractivity contribution in [1.82, 2.24) is 10.3 Å². The van der Waals surface area contributed by atoms with Gasteiger partial charge in [-0.1, -0.05) is 24.3 Å². The Balaban J connectivity index is 1.73. The maximum absolute atomic E-state index is 12.1. The highest BCUT2D eigenvalue weighted by Crippen LogP contribution is 2.21. The Kier molecular flexibility index (Phi) is 3.80. The molecule has 0 atom stereocenters. The molecule has 3 rings (SSSR count). The number of para-hydroxylation sites is 1. The van der Waals surface area contributed by atoms with E-state index in [1.807, 2.05) is 42.5 Å². The summed E-state index contributed by atoms with van der Waals surface area (Å²) in [7, 11) is 0. The number of hydrogen-bond acceptors (Lipinski definition) is 3. The minimum Gasteiger partial charge on any atom is -0.345 e. The standard InChI is InChI=1S/C15H11BrN2OS/c16-11-6-2-1-5-10(11)15(19)17-9-14-18-12-7-3-4-8-13(12)20-14/h1-8H,9H2,(H,17,19). The molecule has 5 heteroatoms. The number of benzene rings is 2. The summed E-state index contributed by atoms with van der Waals surface area (Å²) < 4.78 is 1.93. The topological polar surface area (TPSA) is 42.0 Å². The van der Waals surface area contributed by atoms with Gasteiger partial charge in [-0.05, 0) is 40.2 Å². The summed E-state index contributed by atoms with van der Waals surface area (Å²) in [6.45, 7) is 0.444. The molecular formula is C15H11BrN2OS. The van der Waals surface area contributed by atoms with Crippen molar-refractivity contribution in [2.45, 2.75) is 6.54 Å². The summed E-state index contributed by atoms with van der Waals surface area (Å²) in [6, 6.07) is 15.3. The number of nitrogens with zero attached hydrogens (tertiary/aromatic N) is 1. The average molecular weight is 347 g/mol. The molecule has 3 nitrogen and oxygen atoms in total. The van der Waals surface area contributed by atoms with Crippen molar-refractivity contribution in [3.8, 4) is 0 Å². The van der Waals surface area contributed by atoms with Gasteiger partial charge in [-0.15, -0.1) is 11.3 Å². The van der Waals surface area contributed by atoms with Crippen LogP contribution >= 0.6 is 27.3 Å². The Hall–Kier alpha value is -1.72. The van der Waals surface area contributed by atoms with Crippen molar-refractivity contribution in [2.75, 3.05) is 0 Å². The first-order valence-electron chi connectivity index (χ1n) is 6.11. The SMILES string of the molecule is O=C(NCc1nc2ccccc2s1)c1ccccc1Br. The molecule has 0 saturated carbocycles. The fourth-order valence-electron chi connectivity index (χ4n) is 1.89. The van der Waals surface area contributed by atoms with E-state index in [9.17, 15) is 4.79 Å². The number of rotatable bonds is 3. The molecule has 0 aliphatic carbocycles. The van der Waals surface area contributed by atoms with Gasteiger partial charge in [0.1, 0.15) is 5.01 Å². The van der Waals surface area contributed by atoms with Crippen molar-refractivity contribution >= 4 is 43.4 Å². The van der Waals surface area contributed by atoms with Crippen LogP contribution in [0.1, 0.15) is 15.4 Å². The van der Waals surface area contributed by atoms with E-state index in [-0.39, 0.29) is 5.91 Å². The Bertz CT molecular complexity index is 736. The van der Waals surface area contributed by atoms with Crippen molar-refractivity contribution in [1.29, 1.82) is 0 Å². The van der Waals surface area contributed by atoms with Crippen LogP contribution in [0, 0.1) is 0 Å². The third-order valence-electron chi connectivity index (χ3n) is 2.86. The monoisotopic (exact) mass is 346 g/mol. The molecule has 20 heavy (non-hydrogen) atoms. The highest BCUT2D eigenvalue weighted by molar-refractivity contribution is 9.10. The zero-order valence-electron chi connectivity index (χ0n) is 10.5. The van der Waals surface area contributed by atoms with Crippen LogP contribution in [0.5, 0.6) is 0 Å². The lowest BCUT2D eigenvalue weighted by atomic mass is 10.2. The fourth-order valence-corrected chi connectivity index (χ4v) is 3.26. The Morgan fingerprint density at radius 3 is 2.70 bits per heavy atom. The molecule has 3 aromatic rings. The first-order valence-corrected chi connectivity index (χ1v) is 7.72. The molecule has 0 unspecified atom stereocenters. The molecule has 0 aliphatic heterocycles. The fraction of sp³-hybridized carbons (Fsp3) is 0.0667. The molecular weight excluding hydrogens is 336 g/mol. The van der Waals surface area contributed by atoms with Crippen molar-refractivity contribution in [3.05, 3.63) is 63.6 Å². The molecule has 100 valence electrons. The molecule has 0 radical (unpaired) electrons. The van der Waals surface area contributed by atoms with E-state index >= 15 is 0 Å². The van der Waals surface area contributed by atoms with Crippen LogP contribution in [0.3, 0.4) is 0 Å². The summed E-state index contributed by atoms with van der Waals surface area (Å²) in [6.07, 6.45) is 0. The molecule has 1 amide bonds. The lowest BCUT2D eigenvalue weighted by Crippen LogP contribution is -2.23. The number of halogens is 1. The van der Waals surface area contributed by atoms with Gasteiger partial charge in [0.25, 0.3) is 5.91 Å². The summed E-state index contributed by atoms with van der Waals surface area (Å²) in [5.74, 6) is -0.100. The summed E-state index contributed by atoms with van der Waals surface area (Å²) >= 11 is 4.98. The van der Waals surface area contributed by atoms with E-state index in [0.717, 1.165) is 19.7 Å². The highest BCUT2D eigenvalue weighted by Gasteiger charge is 2.10. The van der Waals surface area contributed by atoms with Gasteiger partial charge < -0.3 is 5.32 Å². The van der Waals surface area contributed by atoms with Crippen molar-refractivity contribution < 1.29 is 4.79 Å². The lowest BCUT2D eigenvalue weighted by molar-refractivity contribution is 0.0950. The van der Waals surface area contributed by atoms with Crippen molar-refractivity contribution in [2.24, 2.45) is 0 Å². The number of nitrogens with one attached hydrogen (secondary N) is 1. The van der Waals surface area contributed by atoms with E-state index in [0.29, 0.717) is 12.1 Å². The zero-order chi connectivity index (χ0) is 13.9. The summed E-state index contributed by atoms with van der Waals surface area (Å²) in [5.41, 5.74) is 1.61. The van der Waals surface area contributed by atoms with Crippen LogP contribution in [0.4, 0.5) is 0 Å². The van der Waals surface area contributed by atoms with Gasteiger partial charge in [-0.3, -0.25) is 4.79 Å². The van der Waals surface area contributed by atoms with Crippen molar-refractivity contribution in [3.63, 3.8) is 0 Å². The van der Waals surface area contributed by atoms with Gasteiger partial charge in [0, 0.05) is 4.47 Å². The smallest absolute Gasteiger partial charge is 0.252 e. The number of hydrogen-bond donors (Lipinski definition) is 1. The van der Waals surface area contributed by atoms with E-state index in [1.165, 1.54) is 0 Å². The Morgan fingerprint density at radius 2 is 1.90 bits per heavy atom. The number of carbonyl (C=O) groups excluding carboxylic acids is 1. The number of thiazole rings is 1. The second-order valence-corrected chi connectivity index (χ2v) is 6.21. The first-order chi connectivity index (χ1) is 9.74. The van der Waals surface area contributed by atoms with Gasteiger partial charge in [0.2, 0.25) is 0 Å². The third kappa shape index (κ3) is 2.73. The summed E-state index contributed by atoms with van der Waals surface area (Å²) in [5, 5.41) is 3.80. The molecule has 0 spiro atoms. The molecule has 2 aromatic carbocycles. The minimum absolute atomic E-state index is 0.100. The van der Waals surface area contributed by atoms with Gasteiger partial charge in [-0.2, -0.15) is 0 Å². The number of amides is 1. The molecule has 0 bridgehead atoms. The van der Waals surface area contributed by atoms with Gasteiger partial charge in [0.05, 0.1) is 22.3 Å². The van der Waals surface area contributed by atoms with Crippen LogP contribution in [0.2, 0.25) is 0 Å². The van der Waals surface area contributed by atoms with E-state index in [1.54, 1.807) is 17.4 Å². The maximum Gasteiger partial charge on any atom is 0.252 e. The number of fused-ring (bicyclic) bond motifs is 1. The number of aromatic nitrogens is 1. The summed E-state index contributed by atoms with van der Waals surface area (Å²) in [4.78, 5) is 16.6. The molecule has 1 N–H and O–H groups in total. The third-order valence-corrected chi connectivity index (χ3v) is 4.58. The molecule has 1 aromatic heterocycles. The van der Waals surface area contributed by atoms with E-state index in [2.05, 4.69) is 26.2 Å². The largest absolute Gasteiger partial charge is 0.345 e. The quantitative estimate of drug-likeness (QED) is 0.778. The average Bonchev–Trinajstić information content (AvgIpc) is 2.88. The predicted molar refractivity (Wildman–Crippen MR) is 84.9 cm³/mol. The number of carbonyl (C=O) groups is 1. The Labute approximate surface area is 128 Å². The zero-order valence-corrected chi connectivity index (χ0v) is 12.9. The van der Waals surface area contributed by atoms with Gasteiger partial charge in [0.15, 0.2) is 0 Å². The Morgan fingerprint density at radius 1 is 1.15 bits per heavy atom. The molecule has 0 fully saturated rings. The highest BCUT2D eigenvalue weighted by atomic mass is 79.9. The predicted octanol–water partition coefficient (Wildman–Crippen LogP) is 3.99. The van der Waals surface area contributed by atoms with Gasteiger partial charge in [-0.25, -0.2) is 4.98 Å². The first kappa shape index (κ1) is 13.3.